The Bertz CT molecular complexity index is 526. The molecule has 0 aliphatic heterocycles. The molecule has 0 saturated carbocycles. The Hall–Kier alpha value is -0.500. The molecule has 0 aliphatic rings. The highest BCUT2D eigenvalue weighted by Gasteiger charge is 2.27. The van der Waals surface area contributed by atoms with E-state index in [1.807, 2.05) is 13.8 Å². The van der Waals surface area contributed by atoms with Crippen molar-refractivity contribution in [2.45, 2.75) is 45.9 Å². The van der Waals surface area contributed by atoms with Gasteiger partial charge in [0.2, 0.25) is 0 Å². The average molecular weight is 370 g/mol. The standard InChI is InChI=1S/C12H21ClN3O4PS/c1-4-9(2)14-21(19,15-10(3)7-13)20-8-11-5-6-12(22-11)16(17)18/h5-6,9-10H,4,7-8H2,1-3H3,(H2,14,15,19)/t9-,10-,21?/m1/s1. The monoisotopic (exact) mass is 369 g/mol. The molecule has 0 aliphatic carbocycles. The van der Waals surface area contributed by atoms with Crippen LogP contribution in [0, 0.1) is 10.1 Å². The third kappa shape index (κ3) is 6.32. The van der Waals surface area contributed by atoms with Crippen LogP contribution < -0.4 is 10.2 Å². The summed E-state index contributed by atoms with van der Waals surface area (Å²) in [5.41, 5.74) is 0. The minimum Gasteiger partial charge on any atom is -0.300 e. The van der Waals surface area contributed by atoms with Crippen LogP contribution in [0.25, 0.3) is 0 Å². The van der Waals surface area contributed by atoms with Crippen LogP contribution in [0.4, 0.5) is 5.00 Å². The number of thiophene rings is 1. The van der Waals surface area contributed by atoms with Crippen molar-refractivity contribution in [2.24, 2.45) is 0 Å². The van der Waals surface area contributed by atoms with E-state index in [-0.39, 0.29) is 23.7 Å². The number of nitro groups is 1. The van der Waals surface area contributed by atoms with E-state index in [0.717, 1.165) is 17.8 Å². The normalized spacial score (nSPS) is 16.9. The van der Waals surface area contributed by atoms with Crippen LogP contribution in [0.15, 0.2) is 12.1 Å². The maximum absolute atomic E-state index is 12.8. The SMILES string of the molecule is CC[C@@H](C)NP(=O)(N[C@H](C)CCl)OCc1ccc([N+](=O)[O-])s1. The molecule has 2 N–H and O–H groups in total. The molecule has 10 heteroatoms. The van der Waals surface area contributed by atoms with Gasteiger partial charge in [-0.3, -0.25) is 14.7 Å². The molecule has 22 heavy (non-hydrogen) atoms. The summed E-state index contributed by atoms with van der Waals surface area (Å²) in [5.74, 6) is 0.292. The predicted molar refractivity (Wildman–Crippen MR) is 89.6 cm³/mol. The summed E-state index contributed by atoms with van der Waals surface area (Å²) in [5, 5.41) is 16.5. The van der Waals surface area contributed by atoms with Gasteiger partial charge in [0.05, 0.1) is 11.5 Å². The zero-order valence-electron chi connectivity index (χ0n) is 12.7. The van der Waals surface area contributed by atoms with E-state index in [1.54, 1.807) is 13.0 Å². The Kier molecular flexibility index (Phi) is 7.96. The Morgan fingerprint density at radius 3 is 2.55 bits per heavy atom. The van der Waals surface area contributed by atoms with Crippen LogP contribution in [0.2, 0.25) is 0 Å². The summed E-state index contributed by atoms with van der Waals surface area (Å²) in [7, 11) is -3.29. The smallest absolute Gasteiger partial charge is 0.300 e. The van der Waals surface area contributed by atoms with Crippen LogP contribution in [0.5, 0.6) is 0 Å². The largest absolute Gasteiger partial charge is 0.341 e. The molecule has 0 spiro atoms. The Labute approximate surface area is 139 Å². The van der Waals surface area contributed by atoms with Gasteiger partial charge in [-0.2, -0.15) is 0 Å². The minimum absolute atomic E-state index is 0.00136. The molecule has 3 atom stereocenters. The van der Waals surface area contributed by atoms with Gasteiger partial charge in [-0.25, -0.2) is 10.2 Å². The predicted octanol–water partition coefficient (Wildman–Crippen LogP) is 3.89. The highest BCUT2D eigenvalue weighted by atomic mass is 35.5. The van der Waals surface area contributed by atoms with Gasteiger partial charge in [-0.1, -0.05) is 18.3 Å². The fraction of sp³-hybridized carbons (Fsp3) is 0.667. The Balaban J connectivity index is 2.74. The molecule has 0 amide bonds. The van der Waals surface area contributed by atoms with Crippen LogP contribution in [0.3, 0.4) is 0 Å². The van der Waals surface area contributed by atoms with Crippen molar-refractivity contribution in [3.8, 4) is 0 Å². The van der Waals surface area contributed by atoms with Gasteiger partial charge in [0.25, 0.3) is 0 Å². The minimum atomic E-state index is -3.29. The van der Waals surface area contributed by atoms with Gasteiger partial charge in [0.15, 0.2) is 0 Å². The van der Waals surface area contributed by atoms with Gasteiger partial charge in [-0.05, 0) is 26.3 Å². The lowest BCUT2D eigenvalue weighted by molar-refractivity contribution is -0.380. The van der Waals surface area contributed by atoms with Crippen LogP contribution >= 0.6 is 30.6 Å². The lowest BCUT2D eigenvalue weighted by Crippen LogP contribution is -2.35. The van der Waals surface area contributed by atoms with Crippen LogP contribution in [0.1, 0.15) is 32.1 Å². The second-order valence-electron chi connectivity index (χ2n) is 4.94. The van der Waals surface area contributed by atoms with Crippen molar-refractivity contribution in [3.05, 3.63) is 27.1 Å². The molecule has 0 aromatic carbocycles. The molecule has 1 unspecified atom stereocenters. The average Bonchev–Trinajstić information content (AvgIpc) is 2.94. The Morgan fingerprint density at radius 2 is 2.05 bits per heavy atom. The van der Waals surface area contributed by atoms with E-state index in [2.05, 4.69) is 10.2 Å². The summed E-state index contributed by atoms with van der Waals surface area (Å²) >= 11 is 6.75. The summed E-state index contributed by atoms with van der Waals surface area (Å²) in [6.07, 6.45) is 0.786. The van der Waals surface area contributed by atoms with E-state index in [1.165, 1.54) is 6.07 Å². The van der Waals surface area contributed by atoms with E-state index < -0.39 is 12.6 Å². The number of halogens is 1. The molecule has 126 valence electrons. The number of hydrogen-bond donors (Lipinski definition) is 2. The molecule has 0 radical (unpaired) electrons. The lowest BCUT2D eigenvalue weighted by atomic mass is 10.3. The third-order valence-corrected chi connectivity index (χ3v) is 6.37. The van der Waals surface area contributed by atoms with E-state index in [4.69, 9.17) is 16.1 Å². The first kappa shape index (κ1) is 19.5. The summed E-state index contributed by atoms with van der Waals surface area (Å²) in [6, 6.07) is 2.81. The summed E-state index contributed by atoms with van der Waals surface area (Å²) in [6.45, 7) is 5.70. The molecule has 1 rings (SSSR count). The highest BCUT2D eigenvalue weighted by Crippen LogP contribution is 2.41. The van der Waals surface area contributed by atoms with E-state index in [9.17, 15) is 14.7 Å². The second-order valence-corrected chi connectivity index (χ2v) is 8.28. The maximum Gasteiger partial charge on any atom is 0.341 e. The first-order chi connectivity index (χ1) is 10.3. The summed E-state index contributed by atoms with van der Waals surface area (Å²) in [4.78, 5) is 10.8. The molecule has 7 nitrogen and oxygen atoms in total. The van der Waals surface area contributed by atoms with E-state index in [0.29, 0.717) is 10.8 Å². The molecule has 1 heterocycles. The lowest BCUT2D eigenvalue weighted by Gasteiger charge is -2.25. The molecule has 0 fully saturated rings. The van der Waals surface area contributed by atoms with Crippen molar-refractivity contribution in [2.75, 3.05) is 5.88 Å². The fourth-order valence-electron chi connectivity index (χ4n) is 1.51. The number of nitrogens with one attached hydrogen (secondary N) is 2. The third-order valence-electron chi connectivity index (χ3n) is 2.84. The number of rotatable bonds is 10. The molecule has 0 bridgehead atoms. The molecular weight excluding hydrogens is 349 g/mol. The topological polar surface area (TPSA) is 93.5 Å². The van der Waals surface area contributed by atoms with Crippen LogP contribution in [-0.2, 0) is 15.7 Å². The Morgan fingerprint density at radius 1 is 1.41 bits per heavy atom. The van der Waals surface area contributed by atoms with Crippen molar-refractivity contribution in [1.29, 1.82) is 0 Å². The number of hydrogen-bond acceptors (Lipinski definition) is 5. The van der Waals surface area contributed by atoms with Crippen molar-refractivity contribution in [1.82, 2.24) is 10.2 Å². The van der Waals surface area contributed by atoms with Crippen molar-refractivity contribution >= 4 is 35.6 Å². The molecule has 1 aromatic rings. The van der Waals surface area contributed by atoms with E-state index >= 15 is 0 Å². The van der Waals surface area contributed by atoms with Crippen LogP contribution in [-0.4, -0.2) is 22.9 Å². The molecule has 1 aromatic heterocycles. The number of alkyl halides is 1. The first-order valence-corrected chi connectivity index (χ1v) is 9.86. The van der Waals surface area contributed by atoms with Gasteiger partial charge in [0, 0.05) is 28.9 Å². The zero-order chi connectivity index (χ0) is 16.8. The summed E-state index contributed by atoms with van der Waals surface area (Å²) < 4.78 is 18.3. The van der Waals surface area contributed by atoms with Gasteiger partial charge >= 0.3 is 12.7 Å². The van der Waals surface area contributed by atoms with Crippen molar-refractivity contribution < 1.29 is 14.0 Å². The number of nitrogens with zero attached hydrogens (tertiary/aromatic N) is 1. The van der Waals surface area contributed by atoms with Gasteiger partial charge in [-0.15, -0.1) is 11.6 Å². The van der Waals surface area contributed by atoms with Gasteiger partial charge < -0.3 is 4.52 Å². The van der Waals surface area contributed by atoms with Crippen molar-refractivity contribution in [3.63, 3.8) is 0 Å². The quantitative estimate of drug-likeness (QED) is 0.281. The highest BCUT2D eigenvalue weighted by molar-refractivity contribution is 7.54. The fourth-order valence-corrected chi connectivity index (χ4v) is 4.50. The zero-order valence-corrected chi connectivity index (χ0v) is 15.2. The molecular formula is C12H21ClN3O4PS. The first-order valence-electron chi connectivity index (χ1n) is 6.89. The second kappa shape index (κ2) is 8.96. The van der Waals surface area contributed by atoms with Gasteiger partial charge in [0.1, 0.15) is 0 Å². The maximum atomic E-state index is 12.8. The molecule has 0 saturated heterocycles.